The summed E-state index contributed by atoms with van der Waals surface area (Å²) in [7, 11) is 0. The molecule has 2 aliphatic heterocycles. The molecule has 2 aromatic heterocycles. The molecular formula is C27H33N3O3S2. The zero-order valence-corrected chi connectivity index (χ0v) is 22.3. The van der Waals surface area contributed by atoms with E-state index in [4.69, 9.17) is 9.72 Å². The molecule has 4 heterocycles. The van der Waals surface area contributed by atoms with E-state index in [1.54, 1.807) is 15.9 Å². The van der Waals surface area contributed by atoms with Gasteiger partial charge in [-0.1, -0.05) is 55.9 Å². The average molecular weight is 512 g/mol. The molecule has 5 rings (SSSR count). The van der Waals surface area contributed by atoms with E-state index in [1.165, 1.54) is 18.2 Å². The van der Waals surface area contributed by atoms with Crippen LogP contribution >= 0.6 is 23.1 Å². The molecule has 35 heavy (non-hydrogen) atoms. The quantitative estimate of drug-likeness (QED) is 0.340. The maximum atomic E-state index is 14.0. The number of thiophene rings is 1. The number of hydrogen-bond acceptors (Lipinski definition) is 6. The summed E-state index contributed by atoms with van der Waals surface area (Å²) in [5, 5.41) is 1.04. The van der Waals surface area contributed by atoms with E-state index in [1.807, 2.05) is 42.2 Å². The van der Waals surface area contributed by atoms with Gasteiger partial charge < -0.3 is 9.64 Å². The zero-order chi connectivity index (χ0) is 24.5. The highest BCUT2D eigenvalue weighted by molar-refractivity contribution is 8.00. The standard InChI is InChI=1S/C27H33N3O3S2/c1-17(2)21-14-20-22(16-33-21)35-24-23(20)26(32)30(15-19-10-6-4-7-11-19)27(28-24)34-18(3)25(31)29-12-8-5-9-13-29/h4,6-7,10-11,17-18,21H,5,8-9,12-16H2,1-3H3/t18-,21-/m0/s1. The van der Waals surface area contributed by atoms with Crippen molar-refractivity contribution in [3.05, 3.63) is 56.7 Å². The fraction of sp³-hybridized carbons (Fsp3) is 0.519. The summed E-state index contributed by atoms with van der Waals surface area (Å²) in [5.41, 5.74) is 2.13. The molecule has 3 aromatic rings. The van der Waals surface area contributed by atoms with Crippen molar-refractivity contribution in [1.82, 2.24) is 14.5 Å². The van der Waals surface area contributed by atoms with Crippen molar-refractivity contribution < 1.29 is 9.53 Å². The molecule has 0 bridgehead atoms. The molecule has 0 saturated carbocycles. The van der Waals surface area contributed by atoms with Gasteiger partial charge in [0.2, 0.25) is 5.91 Å². The number of benzene rings is 1. The van der Waals surface area contributed by atoms with Crippen molar-refractivity contribution in [2.45, 2.75) is 76.1 Å². The van der Waals surface area contributed by atoms with Gasteiger partial charge in [-0.05, 0) is 43.2 Å². The molecule has 8 heteroatoms. The van der Waals surface area contributed by atoms with Crippen LogP contribution in [0.3, 0.4) is 0 Å². The number of amides is 1. The van der Waals surface area contributed by atoms with Crippen LogP contribution in [0.2, 0.25) is 0 Å². The van der Waals surface area contributed by atoms with Crippen LogP contribution < -0.4 is 5.56 Å². The van der Waals surface area contributed by atoms with Gasteiger partial charge in [-0.15, -0.1) is 11.3 Å². The summed E-state index contributed by atoms with van der Waals surface area (Å²) in [6, 6.07) is 10.00. The normalized spacial score (nSPS) is 19.2. The Labute approximate surface area is 214 Å². The van der Waals surface area contributed by atoms with E-state index in [9.17, 15) is 9.59 Å². The summed E-state index contributed by atoms with van der Waals surface area (Å²) in [6.07, 6.45) is 4.16. The van der Waals surface area contributed by atoms with Crippen LogP contribution in [-0.2, 0) is 29.1 Å². The number of ether oxygens (including phenoxy) is 1. The van der Waals surface area contributed by atoms with Gasteiger partial charge in [0, 0.05) is 24.4 Å². The van der Waals surface area contributed by atoms with Gasteiger partial charge in [-0.3, -0.25) is 14.2 Å². The molecule has 1 saturated heterocycles. The molecule has 1 aromatic carbocycles. The smallest absolute Gasteiger partial charge is 0.263 e. The lowest BCUT2D eigenvalue weighted by atomic mass is 9.96. The largest absolute Gasteiger partial charge is 0.372 e. The lowest BCUT2D eigenvalue weighted by Crippen LogP contribution is -2.40. The van der Waals surface area contributed by atoms with E-state index in [2.05, 4.69) is 13.8 Å². The Kier molecular flexibility index (Phi) is 7.32. The molecule has 1 amide bonds. The Morgan fingerprint density at radius 3 is 2.63 bits per heavy atom. The number of thioether (sulfide) groups is 1. The average Bonchev–Trinajstić information content (AvgIpc) is 3.24. The second-order valence-corrected chi connectivity index (χ2v) is 12.3. The van der Waals surface area contributed by atoms with Gasteiger partial charge >= 0.3 is 0 Å². The molecule has 1 fully saturated rings. The number of nitrogens with zero attached hydrogens (tertiary/aromatic N) is 3. The summed E-state index contributed by atoms with van der Waals surface area (Å²) in [6.45, 7) is 8.86. The summed E-state index contributed by atoms with van der Waals surface area (Å²) in [5.74, 6) is 0.517. The van der Waals surface area contributed by atoms with Gasteiger partial charge in [-0.25, -0.2) is 4.98 Å². The Balaban J connectivity index is 1.55. The van der Waals surface area contributed by atoms with Crippen LogP contribution in [0.5, 0.6) is 0 Å². The van der Waals surface area contributed by atoms with Crippen LogP contribution in [0.4, 0.5) is 0 Å². The molecule has 186 valence electrons. The third-order valence-corrected chi connectivity index (χ3v) is 9.19. The minimum atomic E-state index is -0.303. The Bertz CT molecular complexity index is 1260. The minimum Gasteiger partial charge on any atom is -0.372 e. The lowest BCUT2D eigenvalue weighted by molar-refractivity contribution is -0.131. The second-order valence-electron chi connectivity index (χ2n) is 9.90. The number of hydrogen-bond donors (Lipinski definition) is 0. The minimum absolute atomic E-state index is 0.0131. The number of fused-ring (bicyclic) bond motifs is 3. The maximum absolute atomic E-state index is 14.0. The predicted octanol–water partition coefficient (Wildman–Crippen LogP) is 5.10. The van der Waals surface area contributed by atoms with Crippen LogP contribution in [0.1, 0.15) is 56.0 Å². The molecule has 0 aliphatic carbocycles. The number of rotatable bonds is 6. The van der Waals surface area contributed by atoms with Crippen molar-refractivity contribution in [3.63, 3.8) is 0 Å². The van der Waals surface area contributed by atoms with Gasteiger partial charge in [0.25, 0.3) is 5.56 Å². The maximum Gasteiger partial charge on any atom is 0.263 e. The molecule has 0 spiro atoms. The molecule has 6 nitrogen and oxygen atoms in total. The number of piperidine rings is 1. The SMILES string of the molecule is CC(C)[C@@H]1Cc2c(sc3nc(S[C@@H](C)C(=O)N4CCCCC4)n(Cc4ccccc4)c(=O)c23)CO1. The topological polar surface area (TPSA) is 64.4 Å². The first-order chi connectivity index (χ1) is 16.9. The zero-order valence-electron chi connectivity index (χ0n) is 20.7. The monoisotopic (exact) mass is 511 g/mol. The summed E-state index contributed by atoms with van der Waals surface area (Å²) < 4.78 is 7.85. The van der Waals surface area contributed by atoms with Crippen molar-refractivity contribution >= 4 is 39.2 Å². The van der Waals surface area contributed by atoms with E-state index < -0.39 is 0 Å². The lowest BCUT2D eigenvalue weighted by Gasteiger charge is -2.29. The van der Waals surface area contributed by atoms with Gasteiger partial charge in [0.15, 0.2) is 5.16 Å². The van der Waals surface area contributed by atoms with Crippen LogP contribution in [0.25, 0.3) is 10.2 Å². The van der Waals surface area contributed by atoms with Crippen LogP contribution in [0, 0.1) is 5.92 Å². The highest BCUT2D eigenvalue weighted by atomic mass is 32.2. The van der Waals surface area contributed by atoms with Gasteiger partial charge in [-0.2, -0.15) is 0 Å². The Hall–Kier alpha value is -2.16. The second kappa shape index (κ2) is 10.4. The van der Waals surface area contributed by atoms with Crippen LogP contribution in [0.15, 0.2) is 40.3 Å². The third-order valence-electron chi connectivity index (χ3n) is 7.02. The van der Waals surface area contributed by atoms with Crippen molar-refractivity contribution in [2.75, 3.05) is 13.1 Å². The van der Waals surface area contributed by atoms with Crippen molar-refractivity contribution in [2.24, 2.45) is 5.92 Å². The first-order valence-corrected chi connectivity index (χ1v) is 14.3. The van der Waals surface area contributed by atoms with Gasteiger partial charge in [0.1, 0.15) is 4.83 Å². The number of aromatic nitrogens is 2. The van der Waals surface area contributed by atoms with E-state index in [0.717, 1.165) is 58.6 Å². The van der Waals surface area contributed by atoms with Crippen LogP contribution in [-0.4, -0.2) is 44.8 Å². The van der Waals surface area contributed by atoms with E-state index in [0.29, 0.717) is 24.2 Å². The highest BCUT2D eigenvalue weighted by Gasteiger charge is 2.30. The molecule has 0 N–H and O–H groups in total. The Morgan fingerprint density at radius 2 is 1.91 bits per heavy atom. The Morgan fingerprint density at radius 1 is 1.17 bits per heavy atom. The molecule has 2 atom stereocenters. The fourth-order valence-corrected chi connectivity index (χ4v) is 7.10. The molecule has 0 unspecified atom stereocenters. The predicted molar refractivity (Wildman–Crippen MR) is 142 cm³/mol. The highest BCUT2D eigenvalue weighted by Crippen LogP contribution is 2.36. The number of likely N-dealkylation sites (tertiary alicyclic amines) is 1. The molecule has 0 radical (unpaired) electrons. The van der Waals surface area contributed by atoms with E-state index >= 15 is 0 Å². The summed E-state index contributed by atoms with van der Waals surface area (Å²) >= 11 is 2.97. The first-order valence-electron chi connectivity index (χ1n) is 12.6. The van der Waals surface area contributed by atoms with Crippen molar-refractivity contribution in [1.29, 1.82) is 0 Å². The summed E-state index contributed by atoms with van der Waals surface area (Å²) in [4.78, 5) is 36.0. The van der Waals surface area contributed by atoms with Crippen molar-refractivity contribution in [3.8, 4) is 0 Å². The van der Waals surface area contributed by atoms with E-state index in [-0.39, 0.29) is 22.8 Å². The number of carbonyl (C=O) groups is 1. The molecular weight excluding hydrogens is 478 g/mol. The molecule has 2 aliphatic rings. The fourth-order valence-electron chi connectivity index (χ4n) is 4.94. The first kappa shape index (κ1) is 24.5. The van der Waals surface area contributed by atoms with Gasteiger partial charge in [0.05, 0.1) is 29.9 Å². The third kappa shape index (κ3) is 5.06. The number of carbonyl (C=O) groups excluding carboxylic acids is 1.